The minimum Gasteiger partial charge on any atom is -0.494 e. The molecular weight excluding hydrogens is 374 g/mol. The molecule has 0 aliphatic heterocycles. The Balaban J connectivity index is 1.73. The van der Waals surface area contributed by atoms with Crippen LogP contribution in [0.25, 0.3) is 0 Å². The zero-order valence-corrected chi connectivity index (χ0v) is 16.9. The number of ether oxygens (including phenoxy) is 1. The maximum Gasteiger partial charge on any atom is 0.261 e. The first kappa shape index (κ1) is 19.7. The van der Waals surface area contributed by atoms with Crippen molar-refractivity contribution in [2.75, 3.05) is 16.6 Å². The maximum atomic E-state index is 12.5. The van der Waals surface area contributed by atoms with Crippen molar-refractivity contribution in [1.29, 1.82) is 0 Å². The van der Waals surface area contributed by atoms with Gasteiger partial charge in [0.25, 0.3) is 10.0 Å². The molecule has 3 aromatic rings. The van der Waals surface area contributed by atoms with Gasteiger partial charge in [0.15, 0.2) is 0 Å². The summed E-state index contributed by atoms with van der Waals surface area (Å²) in [6, 6.07) is 15.7. The van der Waals surface area contributed by atoms with Gasteiger partial charge in [0.2, 0.25) is 0 Å². The van der Waals surface area contributed by atoms with Crippen LogP contribution in [0.3, 0.4) is 0 Å². The number of aryl methyl sites for hydroxylation is 2. The first-order valence-corrected chi connectivity index (χ1v) is 10.4. The predicted molar refractivity (Wildman–Crippen MR) is 112 cm³/mol. The molecule has 0 fully saturated rings. The lowest BCUT2D eigenvalue weighted by Crippen LogP contribution is -2.13. The first-order chi connectivity index (χ1) is 13.4. The SMILES string of the molecule is CCOc1ccc(S(=O)(=O)Nc2ccc(Nc3c(C)cccc3C)nc2)cc1. The van der Waals surface area contributed by atoms with E-state index < -0.39 is 10.0 Å². The molecule has 0 aliphatic rings. The van der Waals surface area contributed by atoms with Gasteiger partial charge >= 0.3 is 0 Å². The largest absolute Gasteiger partial charge is 0.494 e. The number of hydrogen-bond acceptors (Lipinski definition) is 5. The smallest absolute Gasteiger partial charge is 0.261 e. The van der Waals surface area contributed by atoms with Crippen LogP contribution in [-0.4, -0.2) is 20.0 Å². The van der Waals surface area contributed by atoms with Crippen LogP contribution in [0, 0.1) is 13.8 Å². The summed E-state index contributed by atoms with van der Waals surface area (Å²) >= 11 is 0. The minimum absolute atomic E-state index is 0.161. The summed E-state index contributed by atoms with van der Waals surface area (Å²) in [6.07, 6.45) is 1.49. The number of benzene rings is 2. The lowest BCUT2D eigenvalue weighted by Gasteiger charge is -2.13. The summed E-state index contributed by atoms with van der Waals surface area (Å²) in [6.45, 7) is 6.44. The molecule has 0 aliphatic carbocycles. The van der Waals surface area contributed by atoms with Gasteiger partial charge in [0.1, 0.15) is 11.6 Å². The fourth-order valence-electron chi connectivity index (χ4n) is 2.76. The number of nitrogens with zero attached hydrogens (tertiary/aromatic N) is 1. The number of nitrogens with one attached hydrogen (secondary N) is 2. The number of para-hydroxylation sites is 1. The zero-order chi connectivity index (χ0) is 20.1. The molecule has 7 heteroatoms. The molecule has 3 rings (SSSR count). The quantitative estimate of drug-likeness (QED) is 0.607. The van der Waals surface area contributed by atoms with Gasteiger partial charge in [-0.1, -0.05) is 18.2 Å². The van der Waals surface area contributed by atoms with Crippen molar-refractivity contribution in [3.63, 3.8) is 0 Å². The lowest BCUT2D eigenvalue weighted by atomic mass is 10.1. The van der Waals surface area contributed by atoms with E-state index in [9.17, 15) is 8.42 Å². The topological polar surface area (TPSA) is 80.3 Å². The van der Waals surface area contributed by atoms with Gasteiger partial charge in [0, 0.05) is 5.69 Å². The zero-order valence-electron chi connectivity index (χ0n) is 16.1. The highest BCUT2D eigenvalue weighted by Crippen LogP contribution is 2.24. The summed E-state index contributed by atoms with van der Waals surface area (Å²) in [4.78, 5) is 4.48. The standard InChI is InChI=1S/C21H23N3O3S/c1-4-27-18-9-11-19(12-10-18)28(25,26)24-17-8-13-20(22-14-17)23-21-15(2)6-5-7-16(21)3/h5-14,24H,4H2,1-3H3,(H,22,23). The number of rotatable bonds is 7. The Hall–Kier alpha value is -3.06. The molecule has 2 aromatic carbocycles. The van der Waals surface area contributed by atoms with E-state index in [2.05, 4.69) is 15.0 Å². The van der Waals surface area contributed by atoms with Crippen molar-refractivity contribution in [2.24, 2.45) is 0 Å². The third-order valence-electron chi connectivity index (χ3n) is 4.19. The Labute approximate surface area is 165 Å². The Bertz CT molecular complexity index is 1030. The molecule has 0 atom stereocenters. The van der Waals surface area contributed by atoms with Crippen molar-refractivity contribution in [3.8, 4) is 5.75 Å². The molecule has 0 saturated carbocycles. The molecule has 146 valence electrons. The van der Waals surface area contributed by atoms with Crippen LogP contribution >= 0.6 is 0 Å². The van der Waals surface area contributed by atoms with Crippen LogP contribution in [0.2, 0.25) is 0 Å². The molecule has 6 nitrogen and oxygen atoms in total. The highest BCUT2D eigenvalue weighted by atomic mass is 32.2. The van der Waals surface area contributed by atoms with E-state index in [4.69, 9.17) is 4.74 Å². The van der Waals surface area contributed by atoms with Crippen LogP contribution in [0.4, 0.5) is 17.2 Å². The second kappa shape index (κ2) is 8.31. The Morgan fingerprint density at radius 3 is 2.21 bits per heavy atom. The normalized spacial score (nSPS) is 11.1. The third kappa shape index (κ3) is 4.61. The van der Waals surface area contributed by atoms with Crippen molar-refractivity contribution >= 4 is 27.2 Å². The molecule has 0 bridgehead atoms. The second-order valence-corrected chi connectivity index (χ2v) is 8.02. The van der Waals surface area contributed by atoms with E-state index in [0.29, 0.717) is 23.9 Å². The van der Waals surface area contributed by atoms with E-state index in [1.54, 1.807) is 24.3 Å². The summed E-state index contributed by atoms with van der Waals surface area (Å²) in [7, 11) is -3.70. The van der Waals surface area contributed by atoms with Crippen LogP contribution in [0.5, 0.6) is 5.75 Å². The van der Waals surface area contributed by atoms with Crippen LogP contribution < -0.4 is 14.8 Å². The van der Waals surface area contributed by atoms with Crippen LogP contribution in [-0.2, 0) is 10.0 Å². The second-order valence-electron chi connectivity index (χ2n) is 6.33. The van der Waals surface area contributed by atoms with Gasteiger partial charge in [-0.3, -0.25) is 4.72 Å². The van der Waals surface area contributed by atoms with E-state index in [1.807, 2.05) is 39.0 Å². The molecule has 2 N–H and O–H groups in total. The molecule has 28 heavy (non-hydrogen) atoms. The number of hydrogen-bond donors (Lipinski definition) is 2. The average Bonchev–Trinajstić information content (AvgIpc) is 2.67. The first-order valence-electron chi connectivity index (χ1n) is 8.94. The molecule has 0 radical (unpaired) electrons. The lowest BCUT2D eigenvalue weighted by molar-refractivity contribution is 0.340. The predicted octanol–water partition coefficient (Wildman–Crippen LogP) is 4.64. The molecule has 0 amide bonds. The van der Waals surface area contributed by atoms with Crippen LogP contribution in [0.1, 0.15) is 18.1 Å². The van der Waals surface area contributed by atoms with Crippen molar-refractivity contribution < 1.29 is 13.2 Å². The van der Waals surface area contributed by atoms with Gasteiger partial charge in [-0.15, -0.1) is 0 Å². The molecule has 0 unspecified atom stereocenters. The van der Waals surface area contributed by atoms with Gasteiger partial charge in [-0.25, -0.2) is 13.4 Å². The molecular formula is C21H23N3O3S. The number of pyridine rings is 1. The number of anilines is 3. The fourth-order valence-corrected chi connectivity index (χ4v) is 3.81. The van der Waals surface area contributed by atoms with Gasteiger partial charge < -0.3 is 10.1 Å². The molecule has 1 aromatic heterocycles. The molecule has 0 saturated heterocycles. The van der Waals surface area contributed by atoms with Gasteiger partial charge in [-0.05, 0) is 68.3 Å². The van der Waals surface area contributed by atoms with E-state index in [-0.39, 0.29) is 4.90 Å². The molecule has 1 heterocycles. The molecule has 0 spiro atoms. The summed E-state index contributed by atoms with van der Waals surface area (Å²) in [5.41, 5.74) is 3.61. The van der Waals surface area contributed by atoms with Crippen molar-refractivity contribution in [2.45, 2.75) is 25.7 Å². The van der Waals surface area contributed by atoms with Crippen molar-refractivity contribution in [3.05, 3.63) is 71.9 Å². The Morgan fingerprint density at radius 2 is 1.64 bits per heavy atom. The number of aromatic nitrogens is 1. The third-order valence-corrected chi connectivity index (χ3v) is 5.59. The van der Waals surface area contributed by atoms with E-state index in [0.717, 1.165) is 16.8 Å². The highest BCUT2D eigenvalue weighted by molar-refractivity contribution is 7.92. The van der Waals surface area contributed by atoms with E-state index >= 15 is 0 Å². The fraction of sp³-hybridized carbons (Fsp3) is 0.190. The average molecular weight is 398 g/mol. The van der Waals surface area contributed by atoms with Gasteiger partial charge in [0.05, 0.1) is 23.4 Å². The summed E-state index contributed by atoms with van der Waals surface area (Å²) in [5.74, 6) is 1.27. The maximum absolute atomic E-state index is 12.5. The Morgan fingerprint density at radius 1 is 0.964 bits per heavy atom. The monoisotopic (exact) mass is 397 g/mol. The minimum atomic E-state index is -3.70. The van der Waals surface area contributed by atoms with Crippen LogP contribution in [0.15, 0.2) is 65.7 Å². The van der Waals surface area contributed by atoms with E-state index in [1.165, 1.54) is 18.3 Å². The summed E-state index contributed by atoms with van der Waals surface area (Å²) < 4.78 is 33.0. The van der Waals surface area contributed by atoms with Gasteiger partial charge in [-0.2, -0.15) is 0 Å². The highest BCUT2D eigenvalue weighted by Gasteiger charge is 2.14. The Kier molecular flexibility index (Phi) is 5.84. The number of sulfonamides is 1. The summed E-state index contributed by atoms with van der Waals surface area (Å²) in [5, 5.41) is 3.28. The van der Waals surface area contributed by atoms with Crippen molar-refractivity contribution in [1.82, 2.24) is 4.98 Å².